The second-order valence-corrected chi connectivity index (χ2v) is 7.13. The van der Waals surface area contributed by atoms with E-state index < -0.39 is 0 Å². The van der Waals surface area contributed by atoms with Crippen LogP contribution < -0.4 is 16.2 Å². The van der Waals surface area contributed by atoms with Gasteiger partial charge in [0.05, 0.1) is 10.2 Å². The maximum absolute atomic E-state index is 5.97. The van der Waals surface area contributed by atoms with Crippen LogP contribution in [-0.4, -0.2) is 10.1 Å². The molecule has 8 heteroatoms. The van der Waals surface area contributed by atoms with Crippen LogP contribution in [0.2, 0.25) is 5.02 Å². The number of hydrogen-bond acceptors (Lipinski definition) is 4. The van der Waals surface area contributed by atoms with E-state index in [2.05, 4.69) is 37.1 Å². The molecule has 0 unspecified atom stereocenters. The lowest BCUT2D eigenvalue weighted by Crippen LogP contribution is -2.33. The minimum Gasteiger partial charge on any atom is -0.331 e. The maximum Gasteiger partial charge on any atom is 0.202 e. The quantitative estimate of drug-likeness (QED) is 0.415. The van der Waals surface area contributed by atoms with Gasteiger partial charge in [0.25, 0.3) is 0 Å². The van der Waals surface area contributed by atoms with Crippen molar-refractivity contribution in [3.63, 3.8) is 0 Å². The number of thiocarbonyl (C=S) groups is 1. The number of nitrogens with zero attached hydrogens (tertiary/aromatic N) is 1. The largest absolute Gasteiger partial charge is 0.331 e. The van der Waals surface area contributed by atoms with Crippen molar-refractivity contribution in [2.24, 2.45) is 0 Å². The minimum absolute atomic E-state index is 0.458. The summed E-state index contributed by atoms with van der Waals surface area (Å²) in [4.78, 5) is 4.44. The number of hydrogen-bond donors (Lipinski definition) is 3. The van der Waals surface area contributed by atoms with Gasteiger partial charge in [-0.15, -0.1) is 0 Å². The van der Waals surface area contributed by atoms with E-state index in [9.17, 15) is 0 Å². The summed E-state index contributed by atoms with van der Waals surface area (Å²) in [5, 5.41) is 4.95. The average Bonchev–Trinajstić information content (AvgIpc) is 2.89. The van der Waals surface area contributed by atoms with E-state index in [0.717, 1.165) is 25.5 Å². The molecule has 0 fully saturated rings. The van der Waals surface area contributed by atoms with E-state index in [1.807, 2.05) is 42.5 Å². The van der Waals surface area contributed by atoms with Gasteiger partial charge in [-0.3, -0.25) is 10.9 Å². The summed E-state index contributed by atoms with van der Waals surface area (Å²) in [7, 11) is 0. The van der Waals surface area contributed by atoms with Gasteiger partial charge < -0.3 is 5.32 Å². The lowest BCUT2D eigenvalue weighted by Gasteiger charge is -2.10. The zero-order valence-electron chi connectivity index (χ0n) is 11.1. The fourth-order valence-electron chi connectivity index (χ4n) is 1.76. The van der Waals surface area contributed by atoms with Crippen molar-refractivity contribution in [1.82, 2.24) is 10.4 Å². The standard InChI is InChI=1S/C14H10BrClN4S2/c15-8-1-4-10(5-2-8)17-13(21)19-20-14-18-11-6-3-9(16)7-12(11)22-14/h1-7H,(H,18,20)(H2,17,19,21). The first-order chi connectivity index (χ1) is 10.6. The normalized spacial score (nSPS) is 10.5. The molecule has 22 heavy (non-hydrogen) atoms. The number of fused-ring (bicyclic) bond motifs is 1. The Kier molecular flexibility index (Phi) is 4.77. The summed E-state index contributed by atoms with van der Waals surface area (Å²) in [5.74, 6) is 0. The number of benzene rings is 2. The Morgan fingerprint density at radius 3 is 2.73 bits per heavy atom. The van der Waals surface area contributed by atoms with Crippen LogP contribution >= 0.6 is 51.1 Å². The molecule has 3 aromatic rings. The zero-order chi connectivity index (χ0) is 15.5. The molecule has 0 saturated carbocycles. The molecule has 3 N–H and O–H groups in total. The van der Waals surface area contributed by atoms with Gasteiger partial charge >= 0.3 is 0 Å². The number of nitrogens with one attached hydrogen (secondary N) is 3. The van der Waals surface area contributed by atoms with Crippen molar-refractivity contribution in [3.05, 3.63) is 52.0 Å². The summed E-state index contributed by atoms with van der Waals surface area (Å²) < 4.78 is 2.03. The van der Waals surface area contributed by atoms with Crippen LogP contribution in [0, 0.1) is 0 Å². The molecular formula is C14H10BrClN4S2. The van der Waals surface area contributed by atoms with Crippen molar-refractivity contribution in [2.45, 2.75) is 0 Å². The molecular weight excluding hydrogens is 404 g/mol. The van der Waals surface area contributed by atoms with Crippen LogP contribution in [-0.2, 0) is 0 Å². The van der Waals surface area contributed by atoms with Gasteiger partial charge in [-0.05, 0) is 54.7 Å². The van der Waals surface area contributed by atoms with Crippen LogP contribution in [0.25, 0.3) is 10.2 Å². The molecule has 4 nitrogen and oxygen atoms in total. The fraction of sp³-hybridized carbons (Fsp3) is 0. The molecule has 0 aliphatic heterocycles. The number of thiazole rings is 1. The molecule has 0 spiro atoms. The monoisotopic (exact) mass is 412 g/mol. The summed E-state index contributed by atoms with van der Waals surface area (Å²) in [6.45, 7) is 0. The number of rotatable bonds is 3. The molecule has 1 aromatic heterocycles. The average molecular weight is 414 g/mol. The molecule has 2 aromatic carbocycles. The molecule has 3 rings (SSSR count). The highest BCUT2D eigenvalue weighted by molar-refractivity contribution is 9.10. The Morgan fingerprint density at radius 1 is 1.18 bits per heavy atom. The van der Waals surface area contributed by atoms with Crippen molar-refractivity contribution in [2.75, 3.05) is 10.7 Å². The third kappa shape index (κ3) is 3.86. The molecule has 0 saturated heterocycles. The van der Waals surface area contributed by atoms with Gasteiger partial charge in [0.2, 0.25) is 5.13 Å². The Bertz CT molecular complexity index is 819. The van der Waals surface area contributed by atoms with Crippen LogP contribution in [0.15, 0.2) is 46.9 Å². The Morgan fingerprint density at radius 2 is 1.95 bits per heavy atom. The van der Waals surface area contributed by atoms with E-state index in [1.54, 1.807) is 0 Å². The van der Waals surface area contributed by atoms with E-state index in [1.165, 1.54) is 11.3 Å². The predicted octanol–water partition coefficient (Wildman–Crippen LogP) is 5.03. The smallest absolute Gasteiger partial charge is 0.202 e. The Labute approximate surface area is 150 Å². The summed E-state index contributed by atoms with van der Waals surface area (Å²) in [5.41, 5.74) is 7.69. The molecule has 0 amide bonds. The number of anilines is 2. The van der Waals surface area contributed by atoms with E-state index in [0.29, 0.717) is 10.1 Å². The second kappa shape index (κ2) is 6.78. The first kappa shape index (κ1) is 15.5. The Balaban J connectivity index is 1.61. The highest BCUT2D eigenvalue weighted by Gasteiger charge is 2.04. The lowest BCUT2D eigenvalue weighted by molar-refractivity contribution is 1.13. The van der Waals surface area contributed by atoms with Gasteiger partial charge in [-0.25, -0.2) is 4.98 Å². The molecule has 112 valence electrons. The molecule has 0 aliphatic carbocycles. The van der Waals surface area contributed by atoms with Crippen LogP contribution in [0.3, 0.4) is 0 Å². The van der Waals surface area contributed by atoms with Crippen LogP contribution in [0.1, 0.15) is 0 Å². The van der Waals surface area contributed by atoms with E-state index >= 15 is 0 Å². The first-order valence-electron chi connectivity index (χ1n) is 6.25. The molecule has 0 aliphatic rings. The third-order valence-electron chi connectivity index (χ3n) is 2.74. The molecule has 0 bridgehead atoms. The van der Waals surface area contributed by atoms with Gasteiger partial charge in [0.1, 0.15) is 0 Å². The number of halogens is 2. The number of hydrazine groups is 1. The Hall–Kier alpha value is -1.41. The highest BCUT2D eigenvalue weighted by Crippen LogP contribution is 2.27. The zero-order valence-corrected chi connectivity index (χ0v) is 15.0. The topological polar surface area (TPSA) is 49.0 Å². The second-order valence-electron chi connectivity index (χ2n) is 4.34. The highest BCUT2D eigenvalue weighted by atomic mass is 79.9. The van der Waals surface area contributed by atoms with E-state index in [4.69, 9.17) is 23.8 Å². The summed E-state index contributed by atoms with van der Waals surface area (Å²) >= 11 is 16.1. The lowest BCUT2D eigenvalue weighted by atomic mass is 10.3. The van der Waals surface area contributed by atoms with Crippen molar-refractivity contribution in [1.29, 1.82) is 0 Å². The third-order valence-corrected chi connectivity index (χ3v) is 4.64. The van der Waals surface area contributed by atoms with Gasteiger partial charge in [-0.1, -0.05) is 38.9 Å². The summed E-state index contributed by atoms with van der Waals surface area (Å²) in [6, 6.07) is 13.3. The molecule has 0 radical (unpaired) electrons. The summed E-state index contributed by atoms with van der Waals surface area (Å²) in [6.07, 6.45) is 0. The fourth-order valence-corrected chi connectivity index (χ4v) is 3.29. The molecule has 0 atom stereocenters. The van der Waals surface area contributed by atoms with Crippen molar-refractivity contribution < 1.29 is 0 Å². The van der Waals surface area contributed by atoms with Gasteiger partial charge in [0.15, 0.2) is 5.11 Å². The predicted molar refractivity (Wildman–Crippen MR) is 102 cm³/mol. The first-order valence-corrected chi connectivity index (χ1v) is 8.64. The van der Waals surface area contributed by atoms with Gasteiger partial charge in [0, 0.05) is 15.2 Å². The minimum atomic E-state index is 0.458. The van der Waals surface area contributed by atoms with Crippen molar-refractivity contribution in [3.8, 4) is 0 Å². The maximum atomic E-state index is 5.97. The van der Waals surface area contributed by atoms with Crippen LogP contribution in [0.5, 0.6) is 0 Å². The van der Waals surface area contributed by atoms with Crippen LogP contribution in [0.4, 0.5) is 10.8 Å². The number of aromatic nitrogens is 1. The van der Waals surface area contributed by atoms with E-state index in [-0.39, 0.29) is 0 Å². The van der Waals surface area contributed by atoms with Crippen molar-refractivity contribution >= 4 is 77.2 Å². The SMILES string of the molecule is S=C(NNc1nc2ccc(Cl)cc2s1)Nc1ccc(Br)cc1. The van der Waals surface area contributed by atoms with Gasteiger partial charge in [-0.2, -0.15) is 0 Å². The molecule has 1 heterocycles.